The second-order valence-electron chi connectivity index (χ2n) is 7.54. The second-order valence-corrected chi connectivity index (χ2v) is 7.54. The van der Waals surface area contributed by atoms with Crippen LogP contribution >= 0.6 is 0 Å². The Balaban J connectivity index is 1.35. The van der Waals surface area contributed by atoms with Crippen molar-refractivity contribution in [3.05, 3.63) is 59.7 Å². The van der Waals surface area contributed by atoms with Gasteiger partial charge in [-0.2, -0.15) is 0 Å². The number of hydrogen-bond donors (Lipinski definition) is 1. The van der Waals surface area contributed by atoms with Gasteiger partial charge >= 0.3 is 0 Å². The molecule has 4 rings (SSSR count). The lowest BCUT2D eigenvalue weighted by Crippen LogP contribution is -2.45. The molecule has 6 heteroatoms. The van der Waals surface area contributed by atoms with E-state index in [9.17, 15) is 5.11 Å². The SMILES string of the molecule is C=CCc1cc(CN2CCN(Cc3ccc4c(c3)OCO4)CC2)c(O)c(OC)c1. The van der Waals surface area contributed by atoms with Gasteiger partial charge in [0.15, 0.2) is 23.0 Å². The Morgan fingerprint density at radius 3 is 2.45 bits per heavy atom. The molecule has 0 unspecified atom stereocenters. The number of nitrogens with zero attached hydrogens (tertiary/aromatic N) is 2. The first-order valence-electron chi connectivity index (χ1n) is 9.99. The highest BCUT2D eigenvalue weighted by molar-refractivity contribution is 5.49. The van der Waals surface area contributed by atoms with Crippen LogP contribution in [0.1, 0.15) is 16.7 Å². The molecule has 6 nitrogen and oxygen atoms in total. The summed E-state index contributed by atoms with van der Waals surface area (Å²) in [7, 11) is 1.59. The minimum Gasteiger partial charge on any atom is -0.504 e. The molecule has 2 aliphatic heterocycles. The van der Waals surface area contributed by atoms with Crippen molar-refractivity contribution >= 4 is 0 Å². The third kappa shape index (κ3) is 4.49. The lowest BCUT2D eigenvalue weighted by atomic mass is 10.0. The molecule has 0 spiro atoms. The fourth-order valence-corrected chi connectivity index (χ4v) is 3.93. The van der Waals surface area contributed by atoms with Gasteiger partial charge in [-0.3, -0.25) is 9.80 Å². The fraction of sp³-hybridized carbons (Fsp3) is 0.391. The molecule has 0 saturated carbocycles. The standard InChI is InChI=1S/C23H28N2O4/c1-3-4-17-11-19(23(26)22(12-17)27-2)15-25-9-7-24(8-10-25)14-18-5-6-20-21(13-18)29-16-28-20/h3,5-6,11-13,26H,1,4,7-10,14-16H2,2H3. The highest BCUT2D eigenvalue weighted by atomic mass is 16.7. The molecule has 0 radical (unpaired) electrons. The molecule has 1 N–H and O–H groups in total. The molecule has 0 amide bonds. The molecule has 2 aliphatic rings. The largest absolute Gasteiger partial charge is 0.504 e. The molecular weight excluding hydrogens is 368 g/mol. The summed E-state index contributed by atoms with van der Waals surface area (Å²) < 4.78 is 16.2. The Labute approximate surface area is 171 Å². The van der Waals surface area contributed by atoms with E-state index < -0.39 is 0 Å². The minimum absolute atomic E-state index is 0.239. The summed E-state index contributed by atoms with van der Waals surface area (Å²) in [6, 6.07) is 10.1. The van der Waals surface area contributed by atoms with E-state index in [4.69, 9.17) is 14.2 Å². The number of hydrogen-bond acceptors (Lipinski definition) is 6. The summed E-state index contributed by atoms with van der Waals surface area (Å²) in [6.07, 6.45) is 2.62. The molecule has 154 valence electrons. The fourth-order valence-electron chi connectivity index (χ4n) is 3.93. The van der Waals surface area contributed by atoms with E-state index in [1.807, 2.05) is 18.2 Å². The first-order chi connectivity index (χ1) is 14.2. The maximum atomic E-state index is 10.5. The highest BCUT2D eigenvalue weighted by Crippen LogP contribution is 2.34. The third-order valence-corrected chi connectivity index (χ3v) is 5.52. The van der Waals surface area contributed by atoms with Crippen LogP contribution in [0.5, 0.6) is 23.0 Å². The van der Waals surface area contributed by atoms with Crippen molar-refractivity contribution in [3.63, 3.8) is 0 Å². The van der Waals surface area contributed by atoms with E-state index >= 15 is 0 Å². The van der Waals surface area contributed by atoms with E-state index in [0.29, 0.717) is 19.1 Å². The smallest absolute Gasteiger partial charge is 0.231 e. The van der Waals surface area contributed by atoms with Gasteiger partial charge in [0.05, 0.1) is 7.11 Å². The molecular formula is C23H28N2O4. The van der Waals surface area contributed by atoms with E-state index in [0.717, 1.165) is 61.8 Å². The predicted molar refractivity (Wildman–Crippen MR) is 112 cm³/mol. The van der Waals surface area contributed by atoms with E-state index in [1.165, 1.54) is 5.56 Å². The van der Waals surface area contributed by atoms with Crippen LogP contribution in [0.15, 0.2) is 43.0 Å². The summed E-state index contributed by atoms with van der Waals surface area (Å²) in [5, 5.41) is 10.5. The van der Waals surface area contributed by atoms with Crippen LogP contribution in [0.2, 0.25) is 0 Å². The Morgan fingerprint density at radius 1 is 1.00 bits per heavy atom. The average Bonchev–Trinajstić information content (AvgIpc) is 3.20. The van der Waals surface area contributed by atoms with E-state index in [-0.39, 0.29) is 5.75 Å². The van der Waals surface area contributed by atoms with Gasteiger partial charge in [-0.05, 0) is 35.7 Å². The van der Waals surface area contributed by atoms with Crippen LogP contribution in [0.4, 0.5) is 0 Å². The van der Waals surface area contributed by atoms with Crippen LogP contribution < -0.4 is 14.2 Å². The summed E-state index contributed by atoms with van der Waals surface area (Å²) in [6.45, 7) is 9.61. The molecule has 1 fully saturated rings. The van der Waals surface area contributed by atoms with Crippen molar-refractivity contribution in [2.45, 2.75) is 19.5 Å². The lowest BCUT2D eigenvalue weighted by molar-refractivity contribution is 0.121. The maximum absolute atomic E-state index is 10.5. The zero-order valence-electron chi connectivity index (χ0n) is 16.9. The third-order valence-electron chi connectivity index (χ3n) is 5.52. The predicted octanol–water partition coefficient (Wildman–Crippen LogP) is 3.18. The number of ether oxygens (including phenoxy) is 3. The number of fused-ring (bicyclic) bond motifs is 1. The van der Waals surface area contributed by atoms with Crippen LogP contribution in [0.25, 0.3) is 0 Å². The first kappa shape index (κ1) is 19.6. The number of piperazine rings is 1. The van der Waals surface area contributed by atoms with E-state index in [1.54, 1.807) is 7.11 Å². The Morgan fingerprint density at radius 2 is 1.72 bits per heavy atom. The van der Waals surface area contributed by atoms with Crippen LogP contribution in [-0.2, 0) is 19.5 Å². The highest BCUT2D eigenvalue weighted by Gasteiger charge is 2.21. The summed E-state index contributed by atoms with van der Waals surface area (Å²) in [5.41, 5.74) is 3.25. The van der Waals surface area contributed by atoms with Crippen molar-refractivity contribution in [3.8, 4) is 23.0 Å². The van der Waals surface area contributed by atoms with Crippen molar-refractivity contribution in [1.82, 2.24) is 9.80 Å². The molecule has 2 aromatic carbocycles. The van der Waals surface area contributed by atoms with Crippen LogP contribution in [0.3, 0.4) is 0 Å². The topological polar surface area (TPSA) is 54.4 Å². The first-order valence-corrected chi connectivity index (χ1v) is 9.99. The summed E-state index contributed by atoms with van der Waals surface area (Å²) in [4.78, 5) is 4.82. The monoisotopic (exact) mass is 396 g/mol. The van der Waals surface area contributed by atoms with Gasteiger partial charge in [-0.1, -0.05) is 18.2 Å². The van der Waals surface area contributed by atoms with Gasteiger partial charge in [0.2, 0.25) is 6.79 Å². The average molecular weight is 396 g/mol. The van der Waals surface area contributed by atoms with Gasteiger partial charge in [0, 0.05) is 44.8 Å². The van der Waals surface area contributed by atoms with Gasteiger partial charge in [0.1, 0.15) is 0 Å². The number of allylic oxidation sites excluding steroid dienone is 1. The quantitative estimate of drug-likeness (QED) is 0.726. The zero-order valence-corrected chi connectivity index (χ0v) is 16.9. The Hall–Kier alpha value is -2.70. The molecule has 2 heterocycles. The summed E-state index contributed by atoms with van der Waals surface area (Å²) >= 11 is 0. The molecule has 29 heavy (non-hydrogen) atoms. The number of phenols is 1. The van der Waals surface area contributed by atoms with Gasteiger partial charge in [-0.15, -0.1) is 6.58 Å². The maximum Gasteiger partial charge on any atom is 0.231 e. The van der Waals surface area contributed by atoms with Crippen LogP contribution in [0, 0.1) is 0 Å². The minimum atomic E-state index is 0.239. The summed E-state index contributed by atoms with van der Waals surface area (Å²) in [5.74, 6) is 2.43. The normalized spacial score (nSPS) is 16.7. The number of benzene rings is 2. The van der Waals surface area contributed by atoms with Crippen molar-refractivity contribution < 1.29 is 19.3 Å². The molecule has 0 atom stereocenters. The van der Waals surface area contributed by atoms with Gasteiger partial charge in [0.25, 0.3) is 0 Å². The van der Waals surface area contributed by atoms with Gasteiger partial charge in [-0.25, -0.2) is 0 Å². The molecule has 1 saturated heterocycles. The molecule has 0 aromatic heterocycles. The van der Waals surface area contributed by atoms with Crippen molar-refractivity contribution in [2.75, 3.05) is 40.1 Å². The second kappa shape index (κ2) is 8.76. The van der Waals surface area contributed by atoms with Crippen molar-refractivity contribution in [2.24, 2.45) is 0 Å². The zero-order chi connectivity index (χ0) is 20.2. The number of aromatic hydroxyl groups is 1. The number of rotatable bonds is 7. The molecule has 0 aliphatic carbocycles. The Kier molecular flexibility index (Phi) is 5.92. The van der Waals surface area contributed by atoms with E-state index in [2.05, 4.69) is 34.6 Å². The lowest BCUT2D eigenvalue weighted by Gasteiger charge is -2.35. The Bertz CT molecular complexity index is 875. The van der Waals surface area contributed by atoms with Crippen molar-refractivity contribution in [1.29, 1.82) is 0 Å². The van der Waals surface area contributed by atoms with Crippen LogP contribution in [-0.4, -0.2) is 55.0 Å². The molecule has 0 bridgehead atoms. The number of phenolic OH excluding ortho intramolecular Hbond substituents is 1. The molecule has 2 aromatic rings. The van der Waals surface area contributed by atoms with Gasteiger partial charge < -0.3 is 19.3 Å². The number of methoxy groups -OCH3 is 1.